The second kappa shape index (κ2) is 12.9. The number of fused-ring (bicyclic) bond motifs is 9. The van der Waals surface area contributed by atoms with Crippen LogP contribution in [0.4, 0.5) is 0 Å². The van der Waals surface area contributed by atoms with Gasteiger partial charge in [0.15, 0.2) is 0 Å². The smallest absolute Gasteiger partial charge is 0.137 e. The largest absolute Gasteiger partial charge is 0.456 e. The molecule has 0 fully saturated rings. The fourth-order valence-electron chi connectivity index (χ4n) is 9.05. The summed E-state index contributed by atoms with van der Waals surface area (Å²) in [6, 6.07) is 56.6. The van der Waals surface area contributed by atoms with Crippen LogP contribution in [0.2, 0.25) is 0 Å². The molecule has 0 spiro atoms. The lowest BCUT2D eigenvalue weighted by molar-refractivity contribution is 0.409. The van der Waals surface area contributed by atoms with Crippen LogP contribution in [0.3, 0.4) is 0 Å². The minimum Gasteiger partial charge on any atom is -0.456 e. The molecule has 0 amide bonds. The number of nitrogens with zero attached hydrogens (tertiary/aromatic N) is 2. The molecule has 3 aromatic heterocycles. The third-order valence-electron chi connectivity index (χ3n) is 11.8. The molecular formula is C51H36N4OS. The van der Waals surface area contributed by atoms with E-state index in [9.17, 15) is 0 Å². The van der Waals surface area contributed by atoms with Crippen LogP contribution in [0.15, 0.2) is 173 Å². The molecule has 0 radical (unpaired) electrons. The van der Waals surface area contributed by atoms with Gasteiger partial charge in [0.2, 0.25) is 0 Å². The molecule has 272 valence electrons. The second-order valence-electron chi connectivity index (χ2n) is 15.1. The summed E-state index contributed by atoms with van der Waals surface area (Å²) >= 11 is 1.84. The quantitative estimate of drug-likeness (QED) is 0.184. The number of aryl methyl sites for hydroxylation is 1. The number of allylic oxidation sites excluding steroid dienone is 1. The van der Waals surface area contributed by atoms with E-state index in [0.717, 1.165) is 57.4 Å². The highest BCUT2D eigenvalue weighted by Gasteiger charge is 2.26. The number of thiophene rings is 1. The van der Waals surface area contributed by atoms with Gasteiger partial charge in [-0.15, -0.1) is 11.3 Å². The van der Waals surface area contributed by atoms with Crippen molar-refractivity contribution < 1.29 is 4.42 Å². The lowest BCUT2D eigenvalue weighted by Crippen LogP contribution is -2.44. The highest BCUT2D eigenvalue weighted by atomic mass is 32.1. The number of hydrogen-bond acceptors (Lipinski definition) is 5. The first kappa shape index (κ1) is 32.5. The molecule has 6 heteroatoms. The van der Waals surface area contributed by atoms with Crippen molar-refractivity contribution in [2.75, 3.05) is 0 Å². The zero-order chi connectivity index (χ0) is 37.5. The predicted octanol–water partition coefficient (Wildman–Crippen LogP) is 12.9. The van der Waals surface area contributed by atoms with Gasteiger partial charge in [-0.25, -0.2) is 4.99 Å². The number of amidine groups is 1. The zero-order valence-corrected chi connectivity index (χ0v) is 31.8. The van der Waals surface area contributed by atoms with E-state index in [4.69, 9.17) is 9.41 Å². The Morgan fingerprint density at radius 2 is 1.42 bits per heavy atom. The Balaban J connectivity index is 0.945. The molecule has 0 bridgehead atoms. The zero-order valence-electron chi connectivity index (χ0n) is 30.9. The van der Waals surface area contributed by atoms with Crippen molar-refractivity contribution in [1.29, 1.82) is 0 Å². The van der Waals surface area contributed by atoms with E-state index in [2.05, 4.69) is 179 Å². The minimum atomic E-state index is -0.204. The average molecular weight is 753 g/mol. The van der Waals surface area contributed by atoms with Gasteiger partial charge in [-0.2, -0.15) is 0 Å². The topological polar surface area (TPSA) is 54.5 Å². The Hall–Kier alpha value is -6.73. The number of benzene rings is 7. The Morgan fingerprint density at radius 1 is 0.614 bits per heavy atom. The first-order valence-corrected chi connectivity index (χ1v) is 20.5. The molecule has 2 unspecified atom stereocenters. The molecule has 2 aliphatic rings. The molecule has 7 aromatic carbocycles. The van der Waals surface area contributed by atoms with Crippen molar-refractivity contribution in [3.05, 3.63) is 192 Å². The predicted molar refractivity (Wildman–Crippen MR) is 237 cm³/mol. The van der Waals surface area contributed by atoms with Gasteiger partial charge in [0.1, 0.15) is 29.3 Å². The van der Waals surface area contributed by atoms with Crippen LogP contribution in [0, 0.1) is 0 Å². The number of rotatable bonds is 5. The van der Waals surface area contributed by atoms with Crippen LogP contribution in [-0.2, 0) is 6.42 Å². The molecule has 2 N–H and O–H groups in total. The number of hydrogen-bond donors (Lipinski definition) is 2. The van der Waals surface area contributed by atoms with Crippen molar-refractivity contribution in [2.45, 2.75) is 25.2 Å². The molecule has 4 heterocycles. The van der Waals surface area contributed by atoms with Crippen molar-refractivity contribution in [3.8, 4) is 16.8 Å². The SMILES string of the molecule is C1=Cc2c(c3ccccc3n2-c2cccc3oc4ccc(-c5ccc6sc7cc(C8N=C(c9ccccc9)NC(c9ccccc9)N8)ccc7c6c5)cc4c23)CC1. The number of aliphatic imine (C=N–C) groups is 1. The number of furan rings is 1. The van der Waals surface area contributed by atoms with Gasteiger partial charge in [-0.1, -0.05) is 115 Å². The summed E-state index contributed by atoms with van der Waals surface area (Å²) in [5, 5.41) is 13.5. The van der Waals surface area contributed by atoms with Crippen molar-refractivity contribution in [1.82, 2.24) is 15.2 Å². The maximum Gasteiger partial charge on any atom is 0.137 e. The highest BCUT2D eigenvalue weighted by molar-refractivity contribution is 7.25. The van der Waals surface area contributed by atoms with Gasteiger partial charge in [0.25, 0.3) is 0 Å². The van der Waals surface area contributed by atoms with Crippen LogP contribution >= 0.6 is 11.3 Å². The molecule has 0 saturated carbocycles. The number of para-hydroxylation sites is 1. The molecule has 57 heavy (non-hydrogen) atoms. The minimum absolute atomic E-state index is 0.0739. The average Bonchev–Trinajstić information content (AvgIpc) is 3.95. The van der Waals surface area contributed by atoms with Crippen LogP contribution in [0.25, 0.3) is 75.9 Å². The summed E-state index contributed by atoms with van der Waals surface area (Å²) in [7, 11) is 0. The molecule has 2 atom stereocenters. The monoisotopic (exact) mass is 752 g/mol. The molecular weight excluding hydrogens is 717 g/mol. The Kier molecular flexibility index (Phi) is 7.37. The Bertz CT molecular complexity index is 3260. The molecule has 5 nitrogen and oxygen atoms in total. The molecule has 12 rings (SSSR count). The van der Waals surface area contributed by atoms with E-state index < -0.39 is 0 Å². The third-order valence-corrected chi connectivity index (χ3v) is 12.9. The fraction of sp³-hybridized carbons (Fsp3) is 0.0784. The van der Waals surface area contributed by atoms with Crippen LogP contribution in [0.5, 0.6) is 0 Å². The normalized spacial score (nSPS) is 16.7. The third kappa shape index (κ3) is 5.29. The van der Waals surface area contributed by atoms with Gasteiger partial charge in [0.05, 0.1) is 16.6 Å². The fourth-order valence-corrected chi connectivity index (χ4v) is 10.2. The van der Waals surface area contributed by atoms with Crippen molar-refractivity contribution in [2.24, 2.45) is 4.99 Å². The Morgan fingerprint density at radius 3 is 2.32 bits per heavy atom. The summed E-state index contributed by atoms with van der Waals surface area (Å²) in [5.41, 5.74) is 12.6. The Labute approximate surface area is 333 Å². The first-order valence-electron chi connectivity index (χ1n) is 19.7. The molecule has 0 saturated heterocycles. The highest BCUT2D eigenvalue weighted by Crippen LogP contribution is 2.42. The summed E-state index contributed by atoms with van der Waals surface area (Å²) in [5.74, 6) is 0.890. The van der Waals surface area contributed by atoms with E-state index >= 15 is 0 Å². The lowest BCUT2D eigenvalue weighted by atomic mass is 9.99. The molecule has 10 aromatic rings. The van der Waals surface area contributed by atoms with E-state index in [1.165, 1.54) is 59.0 Å². The summed E-state index contributed by atoms with van der Waals surface area (Å²) in [6.07, 6.45) is 6.45. The van der Waals surface area contributed by atoms with E-state index in [0.29, 0.717) is 0 Å². The number of aromatic nitrogens is 1. The van der Waals surface area contributed by atoms with Gasteiger partial charge >= 0.3 is 0 Å². The second-order valence-corrected chi connectivity index (χ2v) is 16.2. The standard InChI is InChI=1S/C51H36N4OS/c1-3-12-31(13-4-1)49-52-50(32-14-5-2-6-15-32)54-51(53-49)35-22-25-38-39-28-34(24-27-46(39)57-47(38)30-35)33-23-26-44-40(29-33)48-43(20-11-21-45(48)56-44)55-41-18-9-7-16-36(41)37-17-8-10-19-42(37)55/h1-7,9-16,18-30,49,51,53H,8,17H2,(H,52,54). The lowest BCUT2D eigenvalue weighted by Gasteiger charge is -2.32. The van der Waals surface area contributed by atoms with Gasteiger partial charge < -0.3 is 14.3 Å². The van der Waals surface area contributed by atoms with E-state index in [-0.39, 0.29) is 12.3 Å². The van der Waals surface area contributed by atoms with Crippen molar-refractivity contribution in [3.63, 3.8) is 0 Å². The summed E-state index contributed by atoms with van der Waals surface area (Å²) < 4.78 is 11.5. The van der Waals surface area contributed by atoms with E-state index in [1.54, 1.807) is 0 Å². The molecule has 1 aliphatic carbocycles. The molecule has 1 aliphatic heterocycles. The van der Waals surface area contributed by atoms with Crippen LogP contribution in [0.1, 0.15) is 46.7 Å². The van der Waals surface area contributed by atoms with Crippen LogP contribution in [-0.4, -0.2) is 10.4 Å². The van der Waals surface area contributed by atoms with Crippen molar-refractivity contribution >= 4 is 76.3 Å². The maximum absolute atomic E-state index is 6.53. The van der Waals surface area contributed by atoms with Gasteiger partial charge in [-0.3, -0.25) is 5.32 Å². The number of nitrogens with one attached hydrogen (secondary N) is 2. The van der Waals surface area contributed by atoms with Crippen LogP contribution < -0.4 is 10.6 Å². The van der Waals surface area contributed by atoms with Gasteiger partial charge in [0, 0.05) is 42.2 Å². The van der Waals surface area contributed by atoms with Gasteiger partial charge in [-0.05, 0) is 95.3 Å². The maximum atomic E-state index is 6.53. The van der Waals surface area contributed by atoms with E-state index in [1.807, 2.05) is 17.4 Å². The summed E-state index contributed by atoms with van der Waals surface area (Å²) in [4.78, 5) is 5.20. The summed E-state index contributed by atoms with van der Waals surface area (Å²) in [6.45, 7) is 0. The first-order chi connectivity index (χ1) is 28.2.